The van der Waals surface area contributed by atoms with E-state index in [-0.39, 0.29) is 5.41 Å². The van der Waals surface area contributed by atoms with Crippen LogP contribution in [-0.2, 0) is 5.41 Å². The SMILES string of the molecule is Cc1ccc2c(C)c(C(C)(C)C)cc(C3CCCC3)c2n1. The average Bonchev–Trinajstić information content (AvgIpc) is 2.91. The van der Waals surface area contributed by atoms with Crippen molar-refractivity contribution in [3.8, 4) is 0 Å². The van der Waals surface area contributed by atoms with Gasteiger partial charge in [-0.1, -0.05) is 45.7 Å². The van der Waals surface area contributed by atoms with Gasteiger partial charge in [-0.15, -0.1) is 0 Å². The van der Waals surface area contributed by atoms with E-state index in [1.807, 2.05) is 0 Å². The standard InChI is InChI=1S/C20H27N/c1-13-10-11-16-14(2)18(20(3,4)5)12-17(19(16)21-13)15-8-6-7-9-15/h10-12,15H,6-9H2,1-5H3. The highest BCUT2D eigenvalue weighted by molar-refractivity contribution is 5.87. The topological polar surface area (TPSA) is 12.9 Å². The van der Waals surface area contributed by atoms with Crippen LogP contribution < -0.4 is 0 Å². The van der Waals surface area contributed by atoms with E-state index in [2.05, 4.69) is 52.8 Å². The molecule has 112 valence electrons. The first-order valence-corrected chi connectivity index (χ1v) is 8.29. The Labute approximate surface area is 128 Å². The van der Waals surface area contributed by atoms with Gasteiger partial charge < -0.3 is 0 Å². The Bertz CT molecular complexity index is 670. The van der Waals surface area contributed by atoms with Crippen molar-refractivity contribution in [2.75, 3.05) is 0 Å². The fourth-order valence-corrected chi connectivity index (χ4v) is 3.88. The molecule has 0 radical (unpaired) electrons. The average molecular weight is 281 g/mol. The number of pyridine rings is 1. The molecule has 0 saturated heterocycles. The molecule has 0 bridgehead atoms. The van der Waals surface area contributed by atoms with Crippen LogP contribution in [0, 0.1) is 13.8 Å². The first-order chi connectivity index (χ1) is 9.88. The number of aromatic nitrogens is 1. The number of benzene rings is 1. The molecule has 0 amide bonds. The second-order valence-corrected chi connectivity index (χ2v) is 7.72. The number of rotatable bonds is 1. The zero-order valence-electron chi connectivity index (χ0n) is 14.1. The van der Waals surface area contributed by atoms with Gasteiger partial charge >= 0.3 is 0 Å². The van der Waals surface area contributed by atoms with Crippen LogP contribution in [0.4, 0.5) is 0 Å². The minimum absolute atomic E-state index is 0.191. The summed E-state index contributed by atoms with van der Waals surface area (Å²) in [5, 5.41) is 1.36. The highest BCUT2D eigenvalue weighted by Crippen LogP contribution is 2.41. The molecular weight excluding hydrogens is 254 g/mol. The molecule has 1 aliphatic carbocycles. The van der Waals surface area contributed by atoms with Crippen molar-refractivity contribution in [1.82, 2.24) is 4.98 Å². The molecule has 0 N–H and O–H groups in total. The summed E-state index contributed by atoms with van der Waals surface area (Å²) in [5.74, 6) is 0.712. The maximum Gasteiger partial charge on any atom is 0.0742 e. The van der Waals surface area contributed by atoms with Crippen molar-refractivity contribution >= 4 is 10.9 Å². The number of aryl methyl sites for hydroxylation is 2. The molecule has 1 aromatic carbocycles. The lowest BCUT2D eigenvalue weighted by molar-refractivity contribution is 0.584. The lowest BCUT2D eigenvalue weighted by Crippen LogP contribution is -2.15. The Morgan fingerprint density at radius 2 is 1.71 bits per heavy atom. The van der Waals surface area contributed by atoms with Crippen LogP contribution in [0.3, 0.4) is 0 Å². The second-order valence-electron chi connectivity index (χ2n) is 7.72. The van der Waals surface area contributed by atoms with Crippen molar-refractivity contribution in [3.05, 3.63) is 40.6 Å². The first-order valence-electron chi connectivity index (χ1n) is 8.29. The lowest BCUT2D eigenvalue weighted by Gasteiger charge is -2.26. The molecule has 0 spiro atoms. The molecule has 1 aromatic heterocycles. The fraction of sp³-hybridized carbons (Fsp3) is 0.550. The summed E-state index contributed by atoms with van der Waals surface area (Å²) in [6.07, 6.45) is 5.40. The van der Waals surface area contributed by atoms with Crippen molar-refractivity contribution in [2.45, 2.75) is 71.6 Å². The first kappa shape index (κ1) is 14.6. The van der Waals surface area contributed by atoms with Gasteiger partial charge in [-0.3, -0.25) is 4.98 Å². The van der Waals surface area contributed by atoms with E-state index in [9.17, 15) is 0 Å². The van der Waals surface area contributed by atoms with E-state index in [0.29, 0.717) is 5.92 Å². The minimum Gasteiger partial charge on any atom is -0.253 e. The van der Waals surface area contributed by atoms with Gasteiger partial charge in [0.2, 0.25) is 0 Å². The van der Waals surface area contributed by atoms with Gasteiger partial charge in [0.25, 0.3) is 0 Å². The minimum atomic E-state index is 0.191. The Hall–Kier alpha value is -1.37. The van der Waals surface area contributed by atoms with Crippen LogP contribution in [0.15, 0.2) is 18.2 Å². The van der Waals surface area contributed by atoms with Gasteiger partial charge in [-0.05, 0) is 60.8 Å². The summed E-state index contributed by atoms with van der Waals surface area (Å²) in [7, 11) is 0. The molecule has 1 heteroatoms. The molecule has 2 aromatic rings. The van der Waals surface area contributed by atoms with E-state index in [0.717, 1.165) is 5.69 Å². The summed E-state index contributed by atoms with van der Waals surface area (Å²) in [5.41, 5.74) is 6.98. The van der Waals surface area contributed by atoms with Gasteiger partial charge in [0.15, 0.2) is 0 Å². The van der Waals surface area contributed by atoms with Crippen LogP contribution in [0.2, 0.25) is 0 Å². The third-order valence-electron chi connectivity index (χ3n) is 5.02. The Kier molecular flexibility index (Phi) is 3.55. The molecule has 1 nitrogen and oxygen atoms in total. The van der Waals surface area contributed by atoms with Gasteiger partial charge in [-0.25, -0.2) is 0 Å². The summed E-state index contributed by atoms with van der Waals surface area (Å²) in [6, 6.07) is 6.90. The zero-order valence-corrected chi connectivity index (χ0v) is 14.1. The van der Waals surface area contributed by atoms with Crippen molar-refractivity contribution < 1.29 is 0 Å². The summed E-state index contributed by atoms with van der Waals surface area (Å²) >= 11 is 0. The Morgan fingerprint density at radius 3 is 2.33 bits per heavy atom. The van der Waals surface area contributed by atoms with E-state index in [1.165, 1.54) is 53.3 Å². The monoisotopic (exact) mass is 281 g/mol. The highest BCUT2D eigenvalue weighted by atomic mass is 14.7. The van der Waals surface area contributed by atoms with Crippen LogP contribution in [0.25, 0.3) is 10.9 Å². The molecule has 1 heterocycles. The predicted octanol–water partition coefficient (Wildman–Crippen LogP) is 5.81. The van der Waals surface area contributed by atoms with Crippen molar-refractivity contribution in [3.63, 3.8) is 0 Å². The van der Waals surface area contributed by atoms with Gasteiger partial charge in [0, 0.05) is 11.1 Å². The van der Waals surface area contributed by atoms with Gasteiger partial charge in [-0.2, -0.15) is 0 Å². The quantitative estimate of drug-likeness (QED) is 0.643. The number of hydrogen-bond donors (Lipinski definition) is 0. The normalized spacial score (nSPS) is 16.8. The zero-order chi connectivity index (χ0) is 15.2. The molecule has 0 aliphatic heterocycles. The molecule has 1 fully saturated rings. The molecule has 3 rings (SSSR count). The lowest BCUT2D eigenvalue weighted by atomic mass is 9.79. The maximum atomic E-state index is 4.90. The fourth-order valence-electron chi connectivity index (χ4n) is 3.88. The summed E-state index contributed by atoms with van der Waals surface area (Å²) in [6.45, 7) is 11.3. The third-order valence-corrected chi connectivity index (χ3v) is 5.02. The van der Waals surface area contributed by atoms with Crippen LogP contribution in [0.5, 0.6) is 0 Å². The van der Waals surface area contributed by atoms with Crippen molar-refractivity contribution in [2.24, 2.45) is 0 Å². The van der Waals surface area contributed by atoms with E-state index in [4.69, 9.17) is 4.98 Å². The third kappa shape index (κ3) is 2.59. The molecule has 1 aliphatic rings. The predicted molar refractivity (Wildman–Crippen MR) is 91.1 cm³/mol. The molecular formula is C20H27N. The molecule has 21 heavy (non-hydrogen) atoms. The van der Waals surface area contributed by atoms with Crippen LogP contribution >= 0.6 is 0 Å². The second kappa shape index (κ2) is 5.12. The number of fused-ring (bicyclic) bond motifs is 1. The summed E-state index contributed by atoms with van der Waals surface area (Å²) < 4.78 is 0. The number of nitrogens with zero attached hydrogens (tertiary/aromatic N) is 1. The van der Waals surface area contributed by atoms with Crippen LogP contribution in [0.1, 0.15) is 74.8 Å². The molecule has 1 saturated carbocycles. The Balaban J connectivity index is 2.32. The Morgan fingerprint density at radius 1 is 1.05 bits per heavy atom. The van der Waals surface area contributed by atoms with Gasteiger partial charge in [0.05, 0.1) is 5.52 Å². The van der Waals surface area contributed by atoms with Gasteiger partial charge in [0.1, 0.15) is 0 Å². The molecule has 0 atom stereocenters. The highest BCUT2D eigenvalue weighted by Gasteiger charge is 2.25. The van der Waals surface area contributed by atoms with Crippen molar-refractivity contribution in [1.29, 1.82) is 0 Å². The largest absolute Gasteiger partial charge is 0.253 e. The smallest absolute Gasteiger partial charge is 0.0742 e. The number of hydrogen-bond acceptors (Lipinski definition) is 1. The maximum absolute atomic E-state index is 4.90. The molecule has 0 unspecified atom stereocenters. The van der Waals surface area contributed by atoms with E-state index < -0.39 is 0 Å². The van der Waals surface area contributed by atoms with Crippen LogP contribution in [-0.4, -0.2) is 4.98 Å². The van der Waals surface area contributed by atoms with E-state index in [1.54, 1.807) is 0 Å². The summed E-state index contributed by atoms with van der Waals surface area (Å²) in [4.78, 5) is 4.90. The van der Waals surface area contributed by atoms with E-state index >= 15 is 0 Å².